The first-order chi connectivity index (χ1) is 10.4. The third-order valence-corrected chi connectivity index (χ3v) is 3.65. The minimum Gasteiger partial charge on any atom is -0.506 e. The molecule has 116 valence electrons. The van der Waals surface area contributed by atoms with Crippen molar-refractivity contribution in [1.82, 2.24) is 4.57 Å². The Bertz CT molecular complexity index is 870. The molecule has 0 bridgehead atoms. The number of ether oxygens (including phenoxy) is 1. The molecule has 3 rings (SSSR count). The Labute approximate surface area is 122 Å². The van der Waals surface area contributed by atoms with Crippen LogP contribution in [-0.2, 0) is 0 Å². The summed E-state index contributed by atoms with van der Waals surface area (Å²) in [6.07, 6.45) is 1.20. The first kappa shape index (κ1) is 14.3. The molecule has 22 heavy (non-hydrogen) atoms. The number of benzene rings is 1. The summed E-state index contributed by atoms with van der Waals surface area (Å²) in [5.74, 6) is -5.68. The summed E-state index contributed by atoms with van der Waals surface area (Å²) in [6, 6.07) is 0.334. The Balaban J connectivity index is 2.60. The molecule has 0 amide bonds. The van der Waals surface area contributed by atoms with Crippen molar-refractivity contribution in [2.45, 2.75) is 18.9 Å². The minimum absolute atomic E-state index is 0.142. The van der Waals surface area contributed by atoms with Gasteiger partial charge in [-0.1, -0.05) is 0 Å². The largest absolute Gasteiger partial charge is 0.506 e. The number of hydrogen-bond donors (Lipinski definition) is 2. The molecule has 2 aromatic rings. The molecule has 1 aromatic carbocycles. The first-order valence-corrected chi connectivity index (χ1v) is 6.45. The molecule has 1 aromatic heterocycles. The maximum atomic E-state index is 13.9. The van der Waals surface area contributed by atoms with Gasteiger partial charge in [0, 0.05) is 11.4 Å². The number of carboxylic acids is 1. The van der Waals surface area contributed by atoms with E-state index in [9.17, 15) is 23.5 Å². The lowest BCUT2D eigenvalue weighted by Crippen LogP contribution is -2.27. The van der Waals surface area contributed by atoms with Crippen LogP contribution >= 0.6 is 0 Å². The average molecular weight is 311 g/mol. The van der Waals surface area contributed by atoms with E-state index in [1.165, 1.54) is 0 Å². The number of fused-ring (bicyclic) bond motifs is 1. The van der Waals surface area contributed by atoms with Crippen LogP contribution in [0.4, 0.5) is 8.78 Å². The molecule has 0 unspecified atom stereocenters. The standard InChI is InChI=1S/C14H11F2NO5/c1-22-12-9(16)7(15)4-6-10(12)17(5-2-3-5)13(19)8(11(6)18)14(20)21/h4-5,18H,2-3H2,1H3,(H,20,21). The van der Waals surface area contributed by atoms with Crippen molar-refractivity contribution in [3.63, 3.8) is 0 Å². The van der Waals surface area contributed by atoms with Gasteiger partial charge in [0.1, 0.15) is 11.3 Å². The molecule has 8 heteroatoms. The van der Waals surface area contributed by atoms with Gasteiger partial charge >= 0.3 is 5.97 Å². The highest BCUT2D eigenvalue weighted by Gasteiger charge is 2.33. The Morgan fingerprint density at radius 2 is 2.05 bits per heavy atom. The fourth-order valence-corrected chi connectivity index (χ4v) is 2.53. The second-order valence-electron chi connectivity index (χ2n) is 5.04. The molecule has 1 heterocycles. The molecule has 1 saturated carbocycles. The van der Waals surface area contributed by atoms with Gasteiger partial charge in [-0.15, -0.1) is 0 Å². The molecule has 1 aliphatic rings. The van der Waals surface area contributed by atoms with Crippen molar-refractivity contribution in [3.05, 3.63) is 33.6 Å². The molecular weight excluding hydrogens is 300 g/mol. The lowest BCUT2D eigenvalue weighted by atomic mass is 10.1. The SMILES string of the molecule is COc1c(F)c(F)cc2c(O)c(C(=O)O)c(=O)n(C3CC3)c12. The van der Waals surface area contributed by atoms with Gasteiger partial charge in [0.15, 0.2) is 17.1 Å². The van der Waals surface area contributed by atoms with Gasteiger partial charge in [0.2, 0.25) is 5.82 Å². The molecule has 2 N–H and O–H groups in total. The molecule has 0 radical (unpaired) electrons. The number of rotatable bonds is 3. The third kappa shape index (κ3) is 1.83. The van der Waals surface area contributed by atoms with Crippen molar-refractivity contribution >= 4 is 16.9 Å². The summed E-state index contributed by atoms with van der Waals surface area (Å²) in [7, 11) is 1.10. The van der Waals surface area contributed by atoms with E-state index in [1.807, 2.05) is 0 Å². The van der Waals surface area contributed by atoms with E-state index in [2.05, 4.69) is 0 Å². The molecule has 0 aliphatic heterocycles. The third-order valence-electron chi connectivity index (χ3n) is 3.65. The van der Waals surface area contributed by atoms with E-state index < -0.39 is 40.2 Å². The zero-order chi connectivity index (χ0) is 16.2. The fraction of sp³-hybridized carbons (Fsp3) is 0.286. The van der Waals surface area contributed by atoms with Gasteiger partial charge in [-0.2, -0.15) is 4.39 Å². The second kappa shape index (κ2) is 4.69. The van der Waals surface area contributed by atoms with Crippen LogP contribution in [0.15, 0.2) is 10.9 Å². The number of halogens is 2. The van der Waals surface area contributed by atoms with Crippen LogP contribution in [0.5, 0.6) is 11.5 Å². The first-order valence-electron chi connectivity index (χ1n) is 6.45. The molecule has 1 aliphatic carbocycles. The number of nitrogens with zero attached hydrogens (tertiary/aromatic N) is 1. The zero-order valence-corrected chi connectivity index (χ0v) is 11.4. The summed E-state index contributed by atoms with van der Waals surface area (Å²) in [5.41, 5.74) is -1.98. The minimum atomic E-state index is -1.64. The topological polar surface area (TPSA) is 88.8 Å². The molecule has 0 saturated heterocycles. The summed E-state index contributed by atoms with van der Waals surface area (Å²) in [5, 5.41) is 18.9. The predicted molar refractivity (Wildman–Crippen MR) is 71.6 cm³/mol. The van der Waals surface area contributed by atoms with E-state index in [4.69, 9.17) is 9.84 Å². The Kier molecular flexibility index (Phi) is 3.05. The maximum absolute atomic E-state index is 13.9. The Morgan fingerprint density at radius 3 is 2.55 bits per heavy atom. The number of aromatic carboxylic acids is 1. The van der Waals surface area contributed by atoms with Gasteiger partial charge in [0.25, 0.3) is 5.56 Å². The van der Waals surface area contributed by atoms with E-state index in [1.54, 1.807) is 0 Å². The normalized spacial score (nSPS) is 14.3. The maximum Gasteiger partial charge on any atom is 0.345 e. The summed E-state index contributed by atoms with van der Waals surface area (Å²) >= 11 is 0. The fourth-order valence-electron chi connectivity index (χ4n) is 2.53. The van der Waals surface area contributed by atoms with Gasteiger partial charge in [-0.25, -0.2) is 9.18 Å². The highest BCUT2D eigenvalue weighted by molar-refractivity contribution is 6.00. The van der Waals surface area contributed by atoms with Crippen LogP contribution < -0.4 is 10.3 Å². The Hall–Kier alpha value is -2.64. The predicted octanol–water partition coefficient (Wildman–Crippen LogP) is 2.03. The van der Waals surface area contributed by atoms with E-state index in [-0.39, 0.29) is 16.9 Å². The van der Waals surface area contributed by atoms with Gasteiger partial charge in [0.05, 0.1) is 7.11 Å². The van der Waals surface area contributed by atoms with Crippen LogP contribution in [0.3, 0.4) is 0 Å². The van der Waals surface area contributed by atoms with Crippen molar-refractivity contribution < 1.29 is 28.5 Å². The van der Waals surface area contributed by atoms with Crippen LogP contribution in [0.1, 0.15) is 29.2 Å². The molecule has 0 atom stereocenters. The van der Waals surface area contributed by atoms with Crippen LogP contribution in [0, 0.1) is 11.6 Å². The Morgan fingerprint density at radius 1 is 1.41 bits per heavy atom. The zero-order valence-electron chi connectivity index (χ0n) is 11.4. The van der Waals surface area contributed by atoms with Crippen LogP contribution in [0.25, 0.3) is 10.9 Å². The molecule has 1 fully saturated rings. The van der Waals surface area contributed by atoms with Gasteiger partial charge in [-0.05, 0) is 18.9 Å². The molecule has 6 nitrogen and oxygen atoms in total. The number of pyridine rings is 1. The highest BCUT2D eigenvalue weighted by Crippen LogP contribution is 2.42. The smallest absolute Gasteiger partial charge is 0.345 e. The number of hydrogen-bond acceptors (Lipinski definition) is 4. The van der Waals surface area contributed by atoms with Crippen molar-refractivity contribution in [2.75, 3.05) is 7.11 Å². The van der Waals surface area contributed by atoms with Crippen LogP contribution in [-0.4, -0.2) is 27.9 Å². The highest BCUT2D eigenvalue weighted by atomic mass is 19.2. The van der Waals surface area contributed by atoms with Crippen molar-refractivity contribution in [2.24, 2.45) is 0 Å². The average Bonchev–Trinajstić information content (AvgIpc) is 3.26. The van der Waals surface area contributed by atoms with E-state index >= 15 is 0 Å². The summed E-state index contributed by atoms with van der Waals surface area (Å²) < 4.78 is 33.5. The number of aromatic hydroxyl groups is 1. The van der Waals surface area contributed by atoms with E-state index in [0.717, 1.165) is 11.7 Å². The summed E-state index contributed by atoms with van der Waals surface area (Å²) in [4.78, 5) is 23.6. The number of carbonyl (C=O) groups is 1. The van der Waals surface area contributed by atoms with E-state index in [0.29, 0.717) is 18.9 Å². The van der Waals surface area contributed by atoms with Crippen molar-refractivity contribution in [3.8, 4) is 11.5 Å². The number of aromatic nitrogens is 1. The van der Waals surface area contributed by atoms with Gasteiger partial charge < -0.3 is 19.5 Å². The molecule has 0 spiro atoms. The number of methoxy groups -OCH3 is 1. The van der Waals surface area contributed by atoms with Gasteiger partial charge in [-0.3, -0.25) is 4.79 Å². The van der Waals surface area contributed by atoms with Crippen LogP contribution in [0.2, 0.25) is 0 Å². The monoisotopic (exact) mass is 311 g/mol. The quantitative estimate of drug-likeness (QED) is 0.905. The van der Waals surface area contributed by atoms with Crippen molar-refractivity contribution in [1.29, 1.82) is 0 Å². The summed E-state index contributed by atoms with van der Waals surface area (Å²) in [6.45, 7) is 0. The molecular formula is C14H11F2NO5. The lowest BCUT2D eigenvalue weighted by molar-refractivity contribution is 0.0691. The lowest BCUT2D eigenvalue weighted by Gasteiger charge is -2.16. The number of carboxylic acid groups (broad SMARTS) is 1. The second-order valence-corrected chi connectivity index (χ2v) is 5.04.